The van der Waals surface area contributed by atoms with Crippen LogP contribution in [0.15, 0.2) is 24.3 Å². The number of fused-ring (bicyclic) bond motifs is 1. The molecule has 1 aromatic rings. The molecule has 0 atom stereocenters. The van der Waals surface area contributed by atoms with Crippen LogP contribution in [0.5, 0.6) is 0 Å². The summed E-state index contributed by atoms with van der Waals surface area (Å²) in [5, 5.41) is 2.46. The Morgan fingerprint density at radius 2 is 1.80 bits per heavy atom. The zero-order valence-electron chi connectivity index (χ0n) is 8.66. The molecule has 1 aliphatic carbocycles. The molecule has 3 nitrogen and oxygen atoms in total. The molecule has 0 radical (unpaired) electrons. The molecule has 80 valence electrons. The Morgan fingerprint density at radius 1 is 1.13 bits per heavy atom. The summed E-state index contributed by atoms with van der Waals surface area (Å²) in [6.45, 7) is 1.19. The average molecular weight is 205 g/mol. The van der Waals surface area contributed by atoms with Gasteiger partial charge in [0.15, 0.2) is 0 Å². The maximum Gasteiger partial charge on any atom is 0.407 e. The Labute approximate surface area is 89.4 Å². The number of rotatable bonds is 0. The molecule has 1 heterocycles. The highest BCUT2D eigenvalue weighted by Crippen LogP contribution is 2.20. The van der Waals surface area contributed by atoms with Crippen LogP contribution in [0.4, 0.5) is 4.79 Å². The number of carbonyl (C=O) groups is 1. The summed E-state index contributed by atoms with van der Waals surface area (Å²) in [5.74, 6) is 0. The van der Waals surface area contributed by atoms with Crippen molar-refractivity contribution in [1.82, 2.24) is 5.32 Å². The number of carbonyl (C=O) groups excluding carboxylic acids is 1. The van der Waals surface area contributed by atoms with Crippen LogP contribution < -0.4 is 5.32 Å². The quantitative estimate of drug-likeness (QED) is 0.702. The molecule has 0 spiro atoms. The van der Waals surface area contributed by atoms with Crippen molar-refractivity contribution >= 4 is 6.09 Å². The van der Waals surface area contributed by atoms with Crippen molar-refractivity contribution in [3.05, 3.63) is 35.4 Å². The van der Waals surface area contributed by atoms with Crippen molar-refractivity contribution in [1.29, 1.82) is 0 Å². The lowest BCUT2D eigenvalue weighted by molar-refractivity contribution is 0.178. The number of benzene rings is 1. The second-order valence-electron chi connectivity index (χ2n) is 3.68. The van der Waals surface area contributed by atoms with Crippen molar-refractivity contribution in [2.45, 2.75) is 19.3 Å². The first-order valence-electron chi connectivity index (χ1n) is 5.33. The number of ether oxygens (including phenoxy) is 1. The molecule has 15 heavy (non-hydrogen) atoms. The first-order chi connectivity index (χ1) is 7.36. The number of nitrogens with one attached hydrogen (secondary N) is 1. The lowest BCUT2D eigenvalue weighted by Crippen LogP contribution is -2.11. The minimum atomic E-state index is -0.296. The largest absolute Gasteiger partial charge is 0.448 e. The maximum atomic E-state index is 9.91. The van der Waals surface area contributed by atoms with Gasteiger partial charge in [0.25, 0.3) is 0 Å². The van der Waals surface area contributed by atoms with Gasteiger partial charge < -0.3 is 10.1 Å². The Balaban J connectivity index is 0.000000124. The highest BCUT2D eigenvalue weighted by Gasteiger charge is 2.07. The van der Waals surface area contributed by atoms with Crippen LogP contribution in [0.2, 0.25) is 0 Å². The van der Waals surface area contributed by atoms with Gasteiger partial charge in [-0.3, -0.25) is 0 Å². The zero-order valence-corrected chi connectivity index (χ0v) is 8.66. The summed E-state index contributed by atoms with van der Waals surface area (Å²) in [6.07, 6.45) is 3.67. The third-order valence-electron chi connectivity index (χ3n) is 2.62. The smallest absolute Gasteiger partial charge is 0.407 e. The van der Waals surface area contributed by atoms with Gasteiger partial charge in [0, 0.05) is 0 Å². The molecule has 1 aliphatic heterocycles. The monoisotopic (exact) mass is 205 g/mol. The van der Waals surface area contributed by atoms with Gasteiger partial charge >= 0.3 is 6.09 Å². The molecule has 3 heteroatoms. The van der Waals surface area contributed by atoms with Gasteiger partial charge in [-0.05, 0) is 30.4 Å². The molecular formula is C12H15NO2. The molecule has 0 bridgehead atoms. The summed E-state index contributed by atoms with van der Waals surface area (Å²) >= 11 is 0. The highest BCUT2D eigenvalue weighted by atomic mass is 16.6. The van der Waals surface area contributed by atoms with Crippen LogP contribution in [0.3, 0.4) is 0 Å². The molecule has 1 amide bonds. The molecular weight excluding hydrogens is 190 g/mol. The van der Waals surface area contributed by atoms with Gasteiger partial charge in [-0.25, -0.2) is 4.79 Å². The maximum absolute atomic E-state index is 9.91. The van der Waals surface area contributed by atoms with Crippen LogP contribution in [-0.2, 0) is 17.6 Å². The SMILES string of the molecule is O=C1NCCO1.c1ccc2c(c1)CCC2. The number of hydrogen-bond donors (Lipinski definition) is 1. The van der Waals surface area contributed by atoms with E-state index >= 15 is 0 Å². The van der Waals surface area contributed by atoms with Gasteiger partial charge in [0.05, 0.1) is 6.54 Å². The van der Waals surface area contributed by atoms with Crippen LogP contribution in [0, 0.1) is 0 Å². The molecule has 1 N–H and O–H groups in total. The van der Waals surface area contributed by atoms with Gasteiger partial charge in [0.2, 0.25) is 0 Å². The van der Waals surface area contributed by atoms with Gasteiger partial charge in [-0.2, -0.15) is 0 Å². The van der Waals surface area contributed by atoms with Gasteiger partial charge in [0.1, 0.15) is 6.61 Å². The Bertz CT molecular complexity index is 318. The number of aryl methyl sites for hydroxylation is 2. The van der Waals surface area contributed by atoms with Gasteiger partial charge in [-0.1, -0.05) is 24.3 Å². The van der Waals surface area contributed by atoms with E-state index in [1.54, 1.807) is 11.1 Å². The predicted molar refractivity (Wildman–Crippen MR) is 57.8 cm³/mol. The third kappa shape index (κ3) is 2.72. The minimum Gasteiger partial charge on any atom is -0.448 e. The van der Waals surface area contributed by atoms with Crippen molar-refractivity contribution in [2.24, 2.45) is 0 Å². The van der Waals surface area contributed by atoms with Gasteiger partial charge in [-0.15, -0.1) is 0 Å². The van der Waals surface area contributed by atoms with E-state index in [1.807, 2.05) is 0 Å². The second-order valence-corrected chi connectivity index (χ2v) is 3.68. The molecule has 1 aromatic carbocycles. The van der Waals surface area contributed by atoms with Crippen LogP contribution in [0.25, 0.3) is 0 Å². The summed E-state index contributed by atoms with van der Waals surface area (Å²) in [5.41, 5.74) is 3.13. The summed E-state index contributed by atoms with van der Waals surface area (Å²) in [6, 6.07) is 8.74. The van der Waals surface area contributed by atoms with E-state index in [2.05, 4.69) is 34.3 Å². The van der Waals surface area contributed by atoms with Crippen molar-refractivity contribution in [3.8, 4) is 0 Å². The standard InChI is InChI=1S/C9H10.C3H5NO2/c1-2-5-9-7-3-6-8(9)4-1;5-3-4-1-2-6-3/h1-2,4-5H,3,6-7H2;1-2H2,(H,4,5). The summed E-state index contributed by atoms with van der Waals surface area (Å²) in [4.78, 5) is 9.91. The number of amides is 1. The fourth-order valence-corrected chi connectivity index (χ4v) is 1.86. The van der Waals surface area contributed by atoms with E-state index in [1.165, 1.54) is 19.3 Å². The number of cyclic esters (lactones) is 1. The molecule has 2 aliphatic rings. The zero-order chi connectivity index (χ0) is 10.5. The average Bonchev–Trinajstić information content (AvgIpc) is 2.88. The minimum absolute atomic E-state index is 0.296. The summed E-state index contributed by atoms with van der Waals surface area (Å²) in [7, 11) is 0. The first-order valence-corrected chi connectivity index (χ1v) is 5.33. The third-order valence-corrected chi connectivity index (χ3v) is 2.62. The molecule has 0 unspecified atom stereocenters. The van der Waals surface area contributed by atoms with E-state index in [4.69, 9.17) is 0 Å². The van der Waals surface area contributed by atoms with E-state index in [9.17, 15) is 4.79 Å². The predicted octanol–water partition coefficient (Wildman–Crippen LogP) is 1.90. The Hall–Kier alpha value is -1.51. The molecule has 3 rings (SSSR count). The molecule has 1 fully saturated rings. The Morgan fingerprint density at radius 3 is 2.20 bits per heavy atom. The lowest BCUT2D eigenvalue weighted by atomic mass is 10.1. The highest BCUT2D eigenvalue weighted by molar-refractivity contribution is 5.68. The van der Waals surface area contributed by atoms with E-state index in [-0.39, 0.29) is 6.09 Å². The van der Waals surface area contributed by atoms with E-state index in [0.717, 1.165) is 0 Å². The van der Waals surface area contributed by atoms with Crippen molar-refractivity contribution in [2.75, 3.05) is 13.2 Å². The first kappa shape index (κ1) is 10.0. The number of hydrogen-bond acceptors (Lipinski definition) is 2. The molecule has 0 saturated carbocycles. The van der Waals surface area contributed by atoms with Crippen molar-refractivity contribution < 1.29 is 9.53 Å². The van der Waals surface area contributed by atoms with Crippen LogP contribution in [0.1, 0.15) is 17.5 Å². The molecule has 1 saturated heterocycles. The van der Waals surface area contributed by atoms with E-state index in [0.29, 0.717) is 13.2 Å². The van der Waals surface area contributed by atoms with Crippen molar-refractivity contribution in [3.63, 3.8) is 0 Å². The lowest BCUT2D eigenvalue weighted by Gasteiger charge is -1.93. The number of alkyl carbamates (subject to hydrolysis) is 1. The fraction of sp³-hybridized carbons (Fsp3) is 0.417. The van der Waals surface area contributed by atoms with Crippen LogP contribution in [-0.4, -0.2) is 19.2 Å². The molecule has 0 aromatic heterocycles. The Kier molecular flexibility index (Phi) is 3.22. The van der Waals surface area contributed by atoms with Crippen LogP contribution >= 0.6 is 0 Å². The van der Waals surface area contributed by atoms with E-state index < -0.39 is 0 Å². The second kappa shape index (κ2) is 4.82. The fourth-order valence-electron chi connectivity index (χ4n) is 1.86. The summed E-state index contributed by atoms with van der Waals surface area (Å²) < 4.78 is 4.40. The normalized spacial score (nSPS) is 17.2. The topological polar surface area (TPSA) is 38.3 Å².